The average molecular weight is 338 g/mol. The molecule has 0 bridgehead atoms. The Balaban J connectivity index is 1.61. The predicted molar refractivity (Wildman–Crippen MR) is 96.7 cm³/mol. The second-order valence-electron chi connectivity index (χ2n) is 6.58. The topological polar surface area (TPSA) is 83.2 Å². The summed E-state index contributed by atoms with van der Waals surface area (Å²) in [7, 11) is 0. The SMILES string of the molecule is OCc1cccc2c1ccn2-c1ccnc(N[C@H]2CC[C@H](O)CC2)n1. The molecule has 1 saturated carbocycles. The molecule has 0 aliphatic heterocycles. The van der Waals surface area contributed by atoms with Crippen LogP contribution in [0.25, 0.3) is 16.7 Å². The monoisotopic (exact) mass is 338 g/mol. The van der Waals surface area contributed by atoms with Crippen LogP contribution in [0.5, 0.6) is 0 Å². The molecule has 25 heavy (non-hydrogen) atoms. The van der Waals surface area contributed by atoms with Gasteiger partial charge >= 0.3 is 0 Å². The fraction of sp³-hybridized carbons (Fsp3) is 0.368. The third-order valence-corrected chi connectivity index (χ3v) is 4.91. The van der Waals surface area contributed by atoms with Gasteiger partial charge in [0.25, 0.3) is 0 Å². The zero-order valence-electron chi connectivity index (χ0n) is 14.0. The minimum Gasteiger partial charge on any atom is -0.393 e. The molecule has 2 heterocycles. The highest BCUT2D eigenvalue weighted by Crippen LogP contribution is 2.24. The fourth-order valence-electron chi connectivity index (χ4n) is 3.52. The van der Waals surface area contributed by atoms with Crippen molar-refractivity contribution in [3.63, 3.8) is 0 Å². The lowest BCUT2D eigenvalue weighted by Gasteiger charge is -2.26. The molecule has 1 aliphatic rings. The second kappa shape index (κ2) is 6.82. The number of aliphatic hydroxyl groups is 2. The second-order valence-corrected chi connectivity index (χ2v) is 6.58. The van der Waals surface area contributed by atoms with Gasteiger partial charge in [0.15, 0.2) is 0 Å². The smallest absolute Gasteiger partial charge is 0.224 e. The molecule has 1 fully saturated rings. The molecule has 0 spiro atoms. The molecule has 3 aromatic rings. The zero-order valence-corrected chi connectivity index (χ0v) is 14.0. The molecule has 0 atom stereocenters. The van der Waals surface area contributed by atoms with Crippen molar-refractivity contribution in [2.45, 2.75) is 44.4 Å². The summed E-state index contributed by atoms with van der Waals surface area (Å²) in [6, 6.07) is 10.1. The van der Waals surface area contributed by atoms with Gasteiger partial charge < -0.3 is 20.1 Å². The van der Waals surface area contributed by atoms with E-state index in [0.29, 0.717) is 12.0 Å². The van der Waals surface area contributed by atoms with Crippen LogP contribution in [-0.4, -0.2) is 36.9 Å². The normalized spacial score (nSPS) is 20.7. The highest BCUT2D eigenvalue weighted by Gasteiger charge is 2.20. The van der Waals surface area contributed by atoms with Crippen LogP contribution in [0.4, 0.5) is 5.95 Å². The van der Waals surface area contributed by atoms with E-state index in [1.54, 1.807) is 6.20 Å². The van der Waals surface area contributed by atoms with Gasteiger partial charge in [0.1, 0.15) is 5.82 Å². The molecule has 0 saturated heterocycles. The van der Waals surface area contributed by atoms with E-state index in [-0.39, 0.29) is 12.7 Å². The Bertz CT molecular complexity index is 869. The first-order valence-corrected chi connectivity index (χ1v) is 8.72. The van der Waals surface area contributed by atoms with Crippen molar-refractivity contribution >= 4 is 16.9 Å². The van der Waals surface area contributed by atoms with E-state index in [1.807, 2.05) is 41.1 Å². The van der Waals surface area contributed by atoms with Crippen LogP contribution in [0.3, 0.4) is 0 Å². The van der Waals surface area contributed by atoms with E-state index in [0.717, 1.165) is 48.0 Å². The third-order valence-electron chi connectivity index (χ3n) is 4.91. The maximum atomic E-state index is 9.63. The number of anilines is 1. The number of hydrogen-bond acceptors (Lipinski definition) is 5. The number of nitrogens with zero attached hydrogens (tertiary/aromatic N) is 3. The van der Waals surface area contributed by atoms with Crippen LogP contribution in [0, 0.1) is 0 Å². The van der Waals surface area contributed by atoms with Crippen LogP contribution in [0.2, 0.25) is 0 Å². The van der Waals surface area contributed by atoms with Gasteiger partial charge in [-0.25, -0.2) is 4.98 Å². The van der Waals surface area contributed by atoms with Crippen LogP contribution < -0.4 is 5.32 Å². The molecule has 3 N–H and O–H groups in total. The van der Waals surface area contributed by atoms with Crippen molar-refractivity contribution in [3.05, 3.63) is 48.3 Å². The summed E-state index contributed by atoms with van der Waals surface area (Å²) in [4.78, 5) is 8.99. The molecule has 6 nitrogen and oxygen atoms in total. The Morgan fingerprint density at radius 3 is 2.76 bits per heavy atom. The lowest BCUT2D eigenvalue weighted by atomic mass is 9.93. The number of benzene rings is 1. The van der Waals surface area contributed by atoms with E-state index in [2.05, 4.69) is 15.3 Å². The molecule has 1 aromatic carbocycles. The fourth-order valence-corrected chi connectivity index (χ4v) is 3.52. The summed E-state index contributed by atoms with van der Waals surface area (Å²) in [6.45, 7) is 0.0193. The number of aromatic nitrogens is 3. The van der Waals surface area contributed by atoms with E-state index in [9.17, 15) is 10.2 Å². The van der Waals surface area contributed by atoms with E-state index < -0.39 is 0 Å². The summed E-state index contributed by atoms with van der Waals surface area (Å²) in [6.07, 6.45) is 7.06. The lowest BCUT2D eigenvalue weighted by molar-refractivity contribution is 0.126. The summed E-state index contributed by atoms with van der Waals surface area (Å²) >= 11 is 0. The standard InChI is InChI=1S/C19H22N4O2/c24-12-13-2-1-3-17-16(13)9-11-23(17)18-8-10-20-19(22-18)21-14-4-6-15(25)7-5-14/h1-3,8-11,14-15,24-25H,4-7,12H2,(H,20,21,22)/t14-,15-. The summed E-state index contributed by atoms with van der Waals surface area (Å²) in [5.41, 5.74) is 1.92. The van der Waals surface area contributed by atoms with Gasteiger partial charge in [-0.15, -0.1) is 0 Å². The predicted octanol–water partition coefficient (Wildman–Crippen LogP) is 2.63. The molecule has 130 valence electrons. The van der Waals surface area contributed by atoms with Crippen molar-refractivity contribution in [1.82, 2.24) is 14.5 Å². The van der Waals surface area contributed by atoms with Gasteiger partial charge in [-0.05, 0) is 49.4 Å². The molecule has 0 radical (unpaired) electrons. The molecule has 4 rings (SSSR count). The number of rotatable bonds is 4. The average Bonchev–Trinajstić information content (AvgIpc) is 3.08. The molecule has 1 aliphatic carbocycles. The van der Waals surface area contributed by atoms with Crippen LogP contribution >= 0.6 is 0 Å². The van der Waals surface area contributed by atoms with Crippen molar-refractivity contribution in [2.75, 3.05) is 5.32 Å². The molecule has 0 amide bonds. The van der Waals surface area contributed by atoms with Crippen molar-refractivity contribution in [3.8, 4) is 5.82 Å². The Morgan fingerprint density at radius 2 is 1.96 bits per heavy atom. The molecular formula is C19H22N4O2. The quantitative estimate of drug-likeness (QED) is 0.681. The van der Waals surface area contributed by atoms with E-state index in [1.165, 1.54) is 0 Å². The Morgan fingerprint density at radius 1 is 1.12 bits per heavy atom. The van der Waals surface area contributed by atoms with Crippen molar-refractivity contribution in [2.24, 2.45) is 0 Å². The lowest BCUT2D eigenvalue weighted by Crippen LogP contribution is -2.29. The Hall–Kier alpha value is -2.44. The largest absolute Gasteiger partial charge is 0.393 e. The van der Waals surface area contributed by atoms with Crippen molar-refractivity contribution < 1.29 is 10.2 Å². The van der Waals surface area contributed by atoms with Gasteiger partial charge in [-0.3, -0.25) is 0 Å². The number of aliphatic hydroxyl groups excluding tert-OH is 2. The van der Waals surface area contributed by atoms with Gasteiger partial charge in [-0.2, -0.15) is 4.98 Å². The first-order chi connectivity index (χ1) is 12.2. The Labute approximate surface area is 146 Å². The molecule has 2 aromatic heterocycles. The van der Waals surface area contributed by atoms with Gasteiger partial charge in [0, 0.05) is 23.8 Å². The van der Waals surface area contributed by atoms with Gasteiger partial charge in [0.2, 0.25) is 5.95 Å². The van der Waals surface area contributed by atoms with Gasteiger partial charge in [-0.1, -0.05) is 12.1 Å². The maximum Gasteiger partial charge on any atom is 0.224 e. The number of fused-ring (bicyclic) bond motifs is 1. The summed E-state index contributed by atoms with van der Waals surface area (Å²) in [5.74, 6) is 1.40. The highest BCUT2D eigenvalue weighted by molar-refractivity contribution is 5.85. The van der Waals surface area contributed by atoms with Crippen LogP contribution in [0.1, 0.15) is 31.2 Å². The Kier molecular flexibility index (Phi) is 4.38. The van der Waals surface area contributed by atoms with Crippen LogP contribution in [0.15, 0.2) is 42.7 Å². The van der Waals surface area contributed by atoms with Gasteiger partial charge in [0.05, 0.1) is 18.2 Å². The van der Waals surface area contributed by atoms with E-state index >= 15 is 0 Å². The van der Waals surface area contributed by atoms with Crippen molar-refractivity contribution in [1.29, 1.82) is 0 Å². The van der Waals surface area contributed by atoms with Crippen LogP contribution in [-0.2, 0) is 6.61 Å². The minimum atomic E-state index is -0.169. The number of nitrogens with one attached hydrogen (secondary N) is 1. The summed E-state index contributed by atoms with van der Waals surface area (Å²) < 4.78 is 2.01. The summed E-state index contributed by atoms with van der Waals surface area (Å²) in [5, 5.41) is 23.5. The minimum absolute atomic E-state index is 0.0193. The maximum absolute atomic E-state index is 9.63. The molecule has 6 heteroatoms. The number of hydrogen-bond donors (Lipinski definition) is 3. The first-order valence-electron chi connectivity index (χ1n) is 8.72. The zero-order chi connectivity index (χ0) is 17.2. The molecule has 0 unspecified atom stereocenters. The molecular weight excluding hydrogens is 316 g/mol. The third kappa shape index (κ3) is 3.23. The van der Waals surface area contributed by atoms with E-state index in [4.69, 9.17) is 0 Å². The first kappa shape index (κ1) is 16.1. The highest BCUT2D eigenvalue weighted by atomic mass is 16.3.